The smallest absolute Gasteiger partial charge is 0.309 e. The Labute approximate surface area is 108 Å². The van der Waals surface area contributed by atoms with Crippen molar-refractivity contribution in [3.05, 3.63) is 29.8 Å². The van der Waals surface area contributed by atoms with Gasteiger partial charge in [0.15, 0.2) is 0 Å². The molecular weight excluding hydrogens is 242 g/mol. The van der Waals surface area contributed by atoms with E-state index in [1.165, 1.54) is 7.11 Å². The van der Waals surface area contributed by atoms with Crippen LogP contribution in [0.2, 0.25) is 0 Å². The third kappa shape index (κ3) is 6.14. The van der Waals surface area contributed by atoms with Gasteiger partial charge < -0.3 is 15.2 Å². The van der Waals surface area contributed by atoms with Crippen molar-refractivity contribution in [2.75, 3.05) is 20.3 Å². The molecule has 17 heavy (non-hydrogen) atoms. The number of hydrogen-bond donors (Lipinski definition) is 1. The molecule has 1 rings (SSSR count). The molecule has 0 aliphatic carbocycles. The van der Waals surface area contributed by atoms with E-state index in [2.05, 4.69) is 4.74 Å². The van der Waals surface area contributed by atoms with Gasteiger partial charge >= 0.3 is 5.97 Å². The summed E-state index contributed by atoms with van der Waals surface area (Å²) in [5, 5.41) is 0. The molecule has 2 N–H and O–H groups in total. The van der Waals surface area contributed by atoms with Crippen LogP contribution in [0.1, 0.15) is 12.0 Å². The topological polar surface area (TPSA) is 61.5 Å². The maximum absolute atomic E-state index is 11.0. The van der Waals surface area contributed by atoms with Crippen molar-refractivity contribution in [2.24, 2.45) is 5.73 Å². The number of hydrogen-bond acceptors (Lipinski definition) is 4. The second kappa shape index (κ2) is 8.84. The maximum Gasteiger partial charge on any atom is 0.309 e. The highest BCUT2D eigenvalue weighted by atomic mass is 35.5. The van der Waals surface area contributed by atoms with E-state index >= 15 is 0 Å². The van der Waals surface area contributed by atoms with Crippen molar-refractivity contribution in [2.45, 2.75) is 12.8 Å². The highest BCUT2D eigenvalue weighted by molar-refractivity contribution is 5.85. The fourth-order valence-corrected chi connectivity index (χ4v) is 1.22. The molecule has 0 saturated carbocycles. The molecule has 0 unspecified atom stereocenters. The van der Waals surface area contributed by atoms with Crippen molar-refractivity contribution >= 4 is 18.4 Å². The first-order valence-corrected chi connectivity index (χ1v) is 5.25. The number of esters is 1. The third-order valence-corrected chi connectivity index (χ3v) is 2.12. The first-order chi connectivity index (χ1) is 7.76. The van der Waals surface area contributed by atoms with E-state index in [4.69, 9.17) is 10.5 Å². The fourth-order valence-electron chi connectivity index (χ4n) is 1.22. The quantitative estimate of drug-likeness (QED) is 0.622. The van der Waals surface area contributed by atoms with Crippen LogP contribution in [-0.2, 0) is 16.0 Å². The highest BCUT2D eigenvalue weighted by Crippen LogP contribution is 2.12. The van der Waals surface area contributed by atoms with Crippen molar-refractivity contribution in [3.8, 4) is 5.75 Å². The predicted molar refractivity (Wildman–Crippen MR) is 68.6 cm³/mol. The zero-order valence-corrected chi connectivity index (χ0v) is 10.7. The molecule has 0 saturated heterocycles. The van der Waals surface area contributed by atoms with Crippen LogP contribution in [0.25, 0.3) is 0 Å². The second-order valence-corrected chi connectivity index (χ2v) is 3.39. The van der Waals surface area contributed by atoms with Gasteiger partial charge in [-0.3, -0.25) is 4.79 Å². The van der Waals surface area contributed by atoms with Gasteiger partial charge in [0.05, 0.1) is 20.1 Å². The number of ether oxygens (including phenoxy) is 2. The standard InChI is InChI=1S/C12H17NO3.ClH/c1-15-12(14)9-10-3-5-11(6-4-10)16-8-2-7-13;/h3-6H,2,7-9,13H2,1H3;1H. The lowest BCUT2D eigenvalue weighted by atomic mass is 10.1. The molecule has 0 aliphatic heterocycles. The number of benzene rings is 1. The van der Waals surface area contributed by atoms with E-state index in [0.29, 0.717) is 19.6 Å². The lowest BCUT2D eigenvalue weighted by Crippen LogP contribution is -2.06. The molecule has 1 aromatic rings. The summed E-state index contributed by atoms with van der Waals surface area (Å²) >= 11 is 0. The van der Waals surface area contributed by atoms with Gasteiger partial charge in [-0.15, -0.1) is 12.4 Å². The van der Waals surface area contributed by atoms with Gasteiger partial charge in [0.1, 0.15) is 5.75 Å². The molecule has 0 fully saturated rings. The lowest BCUT2D eigenvalue weighted by molar-refractivity contribution is -0.139. The summed E-state index contributed by atoms with van der Waals surface area (Å²) in [6.07, 6.45) is 1.13. The van der Waals surface area contributed by atoms with Gasteiger partial charge in [0.2, 0.25) is 0 Å². The van der Waals surface area contributed by atoms with E-state index in [0.717, 1.165) is 17.7 Å². The van der Waals surface area contributed by atoms with Gasteiger partial charge in [-0.2, -0.15) is 0 Å². The second-order valence-electron chi connectivity index (χ2n) is 3.39. The van der Waals surface area contributed by atoms with E-state index in [1.54, 1.807) is 0 Å². The molecule has 0 atom stereocenters. The van der Waals surface area contributed by atoms with Crippen molar-refractivity contribution in [1.29, 1.82) is 0 Å². The molecule has 0 radical (unpaired) electrons. The summed E-state index contributed by atoms with van der Waals surface area (Å²) < 4.78 is 10.0. The van der Waals surface area contributed by atoms with Gasteiger partial charge in [-0.25, -0.2) is 0 Å². The van der Waals surface area contributed by atoms with Crippen LogP contribution < -0.4 is 10.5 Å². The first-order valence-electron chi connectivity index (χ1n) is 5.25. The Hall–Kier alpha value is -1.26. The SMILES string of the molecule is COC(=O)Cc1ccc(OCCCN)cc1.Cl. The third-order valence-electron chi connectivity index (χ3n) is 2.12. The minimum Gasteiger partial charge on any atom is -0.494 e. The van der Waals surface area contributed by atoms with Crippen LogP contribution in [-0.4, -0.2) is 26.2 Å². The predicted octanol–water partition coefficient (Wildman–Crippen LogP) is 1.55. The zero-order chi connectivity index (χ0) is 11.8. The molecule has 4 nitrogen and oxygen atoms in total. The van der Waals surface area contributed by atoms with E-state index in [-0.39, 0.29) is 18.4 Å². The summed E-state index contributed by atoms with van der Waals surface area (Å²) in [7, 11) is 1.38. The number of carbonyl (C=O) groups excluding carboxylic acids is 1. The Balaban J connectivity index is 0.00000256. The Kier molecular flexibility index (Phi) is 8.19. The van der Waals surface area contributed by atoms with Gasteiger partial charge in [0, 0.05) is 0 Å². The number of methoxy groups -OCH3 is 1. The normalized spacial score (nSPS) is 9.29. The Morgan fingerprint density at radius 1 is 1.29 bits per heavy atom. The average Bonchev–Trinajstić information content (AvgIpc) is 2.31. The molecule has 0 amide bonds. The van der Waals surface area contributed by atoms with Crippen LogP contribution in [0.3, 0.4) is 0 Å². The maximum atomic E-state index is 11.0. The van der Waals surface area contributed by atoms with Crippen molar-refractivity contribution < 1.29 is 14.3 Å². The van der Waals surface area contributed by atoms with Crippen molar-refractivity contribution in [1.82, 2.24) is 0 Å². The monoisotopic (exact) mass is 259 g/mol. The largest absolute Gasteiger partial charge is 0.494 e. The molecule has 5 heteroatoms. The molecular formula is C12H18ClNO3. The van der Waals surface area contributed by atoms with Crippen LogP contribution in [0, 0.1) is 0 Å². The minimum atomic E-state index is -0.239. The van der Waals surface area contributed by atoms with Gasteiger partial charge in [-0.05, 0) is 30.7 Å². The van der Waals surface area contributed by atoms with E-state index < -0.39 is 0 Å². The highest BCUT2D eigenvalue weighted by Gasteiger charge is 2.02. The molecule has 0 heterocycles. The molecule has 0 bridgehead atoms. The average molecular weight is 260 g/mol. The first kappa shape index (κ1) is 15.7. The summed E-state index contributed by atoms with van der Waals surface area (Å²) in [6, 6.07) is 7.40. The van der Waals surface area contributed by atoms with Gasteiger partial charge in [0.25, 0.3) is 0 Å². The summed E-state index contributed by atoms with van der Waals surface area (Å²) in [5.41, 5.74) is 6.27. The molecule has 96 valence electrons. The van der Waals surface area contributed by atoms with E-state index in [9.17, 15) is 4.79 Å². The van der Waals surface area contributed by atoms with Crippen molar-refractivity contribution in [3.63, 3.8) is 0 Å². The van der Waals surface area contributed by atoms with E-state index in [1.807, 2.05) is 24.3 Å². The van der Waals surface area contributed by atoms with Crippen LogP contribution in [0.5, 0.6) is 5.75 Å². The molecule has 1 aromatic carbocycles. The number of nitrogens with two attached hydrogens (primary N) is 1. The number of carbonyl (C=O) groups is 1. The molecule has 0 aliphatic rings. The molecule has 0 aromatic heterocycles. The number of rotatable bonds is 6. The summed E-state index contributed by atoms with van der Waals surface area (Å²) in [6.45, 7) is 1.24. The summed E-state index contributed by atoms with van der Waals surface area (Å²) in [4.78, 5) is 11.0. The van der Waals surface area contributed by atoms with Crippen LogP contribution in [0.15, 0.2) is 24.3 Å². The van der Waals surface area contributed by atoms with Crippen LogP contribution >= 0.6 is 12.4 Å². The van der Waals surface area contributed by atoms with Crippen LogP contribution in [0.4, 0.5) is 0 Å². The zero-order valence-electron chi connectivity index (χ0n) is 9.85. The Bertz CT molecular complexity index is 327. The fraction of sp³-hybridized carbons (Fsp3) is 0.417. The molecule has 0 spiro atoms. The van der Waals surface area contributed by atoms with Gasteiger partial charge in [-0.1, -0.05) is 12.1 Å². The minimum absolute atomic E-state index is 0. The Morgan fingerprint density at radius 3 is 2.47 bits per heavy atom. The number of halogens is 1. The Morgan fingerprint density at radius 2 is 1.94 bits per heavy atom. The summed E-state index contributed by atoms with van der Waals surface area (Å²) in [5.74, 6) is 0.555. The lowest BCUT2D eigenvalue weighted by Gasteiger charge is -2.06.